The molecule has 1 aliphatic heterocycles. The van der Waals surface area contributed by atoms with E-state index < -0.39 is 0 Å². The molecule has 2 heterocycles. The van der Waals surface area contributed by atoms with Gasteiger partial charge in [-0.3, -0.25) is 9.80 Å². The number of benzene rings is 2. The molecule has 0 aliphatic carbocycles. The van der Waals surface area contributed by atoms with Gasteiger partial charge in [-0.25, -0.2) is 4.98 Å². The number of fused-ring (bicyclic) bond motifs is 1. The molecule has 1 aliphatic rings. The summed E-state index contributed by atoms with van der Waals surface area (Å²) >= 11 is 0. The minimum Gasteiger partial charge on any atom is -0.394 e. The molecule has 0 bridgehead atoms. The first kappa shape index (κ1) is 17.2. The maximum absolute atomic E-state index is 9.94. The molecule has 5 nitrogen and oxygen atoms in total. The standard InChI is InChI=1S/C21H26N4O/c1-16-3-2-4-18(11-16)21(14-26)25-9-7-24(8-10-25)13-17-5-6-19-20(12-17)23-15-22-19/h2-6,11-12,15,21,26H,7-10,13-14H2,1H3,(H,22,23). The second-order valence-corrected chi connectivity index (χ2v) is 7.18. The van der Waals surface area contributed by atoms with Crippen molar-refractivity contribution in [3.05, 3.63) is 65.5 Å². The highest BCUT2D eigenvalue weighted by molar-refractivity contribution is 5.74. The molecule has 2 aromatic carbocycles. The summed E-state index contributed by atoms with van der Waals surface area (Å²) in [5.41, 5.74) is 5.88. The van der Waals surface area contributed by atoms with Gasteiger partial charge < -0.3 is 10.1 Å². The molecule has 0 radical (unpaired) electrons. The lowest BCUT2D eigenvalue weighted by Crippen LogP contribution is -2.47. The van der Waals surface area contributed by atoms with E-state index in [1.54, 1.807) is 6.33 Å². The molecule has 1 aromatic heterocycles. The number of aliphatic hydroxyl groups is 1. The Balaban J connectivity index is 1.38. The Morgan fingerprint density at radius 2 is 1.96 bits per heavy atom. The van der Waals surface area contributed by atoms with Crippen LogP contribution in [-0.4, -0.2) is 57.7 Å². The molecule has 26 heavy (non-hydrogen) atoms. The van der Waals surface area contributed by atoms with Gasteiger partial charge in [0.25, 0.3) is 0 Å². The summed E-state index contributed by atoms with van der Waals surface area (Å²) in [7, 11) is 0. The highest BCUT2D eigenvalue weighted by atomic mass is 16.3. The molecular weight excluding hydrogens is 324 g/mol. The van der Waals surface area contributed by atoms with Gasteiger partial charge in [-0.2, -0.15) is 0 Å². The van der Waals surface area contributed by atoms with Crippen LogP contribution in [0, 0.1) is 6.92 Å². The van der Waals surface area contributed by atoms with E-state index in [0.29, 0.717) is 0 Å². The second-order valence-electron chi connectivity index (χ2n) is 7.18. The Morgan fingerprint density at radius 3 is 2.73 bits per heavy atom. The first-order valence-electron chi connectivity index (χ1n) is 9.29. The van der Waals surface area contributed by atoms with Crippen molar-refractivity contribution >= 4 is 11.0 Å². The van der Waals surface area contributed by atoms with Crippen molar-refractivity contribution in [2.24, 2.45) is 0 Å². The molecule has 1 unspecified atom stereocenters. The smallest absolute Gasteiger partial charge is 0.0931 e. The van der Waals surface area contributed by atoms with Gasteiger partial charge in [0.1, 0.15) is 0 Å². The summed E-state index contributed by atoms with van der Waals surface area (Å²) in [5.74, 6) is 0. The number of aliphatic hydroxyl groups excluding tert-OH is 1. The van der Waals surface area contributed by atoms with Crippen molar-refractivity contribution in [1.29, 1.82) is 0 Å². The molecule has 0 amide bonds. The minimum atomic E-state index is 0.0957. The molecule has 0 spiro atoms. The zero-order valence-electron chi connectivity index (χ0n) is 15.2. The number of hydrogen-bond donors (Lipinski definition) is 2. The Kier molecular flexibility index (Phi) is 5.02. The largest absolute Gasteiger partial charge is 0.394 e. The van der Waals surface area contributed by atoms with Gasteiger partial charge in [-0.15, -0.1) is 0 Å². The molecule has 5 heteroatoms. The molecule has 1 atom stereocenters. The van der Waals surface area contributed by atoms with Crippen molar-refractivity contribution in [3.63, 3.8) is 0 Å². The van der Waals surface area contributed by atoms with E-state index in [2.05, 4.69) is 69.2 Å². The third-order valence-electron chi connectivity index (χ3n) is 5.34. The van der Waals surface area contributed by atoms with Crippen molar-refractivity contribution in [1.82, 2.24) is 19.8 Å². The zero-order chi connectivity index (χ0) is 17.9. The van der Waals surface area contributed by atoms with E-state index in [4.69, 9.17) is 0 Å². The summed E-state index contributed by atoms with van der Waals surface area (Å²) in [5, 5.41) is 9.94. The van der Waals surface area contributed by atoms with Crippen molar-refractivity contribution < 1.29 is 5.11 Å². The van der Waals surface area contributed by atoms with Gasteiger partial charge in [-0.05, 0) is 30.2 Å². The predicted octanol–water partition coefficient (Wildman–Crippen LogP) is 2.72. The number of nitrogens with one attached hydrogen (secondary N) is 1. The maximum Gasteiger partial charge on any atom is 0.0931 e. The number of aryl methyl sites for hydroxylation is 1. The molecule has 136 valence electrons. The van der Waals surface area contributed by atoms with Crippen LogP contribution in [0.2, 0.25) is 0 Å². The Labute approximate surface area is 154 Å². The van der Waals surface area contributed by atoms with Crippen LogP contribution >= 0.6 is 0 Å². The number of aromatic nitrogens is 2. The summed E-state index contributed by atoms with van der Waals surface area (Å²) in [6, 6.07) is 15.0. The molecule has 3 aromatic rings. The SMILES string of the molecule is Cc1cccc(C(CO)N2CCN(Cc3ccc4nc[nH]c4c3)CC2)c1. The van der Waals surface area contributed by atoms with Gasteiger partial charge in [0.05, 0.1) is 30.0 Å². The van der Waals surface area contributed by atoms with E-state index in [1.807, 2.05) is 0 Å². The van der Waals surface area contributed by atoms with E-state index >= 15 is 0 Å². The number of piperazine rings is 1. The van der Waals surface area contributed by atoms with E-state index in [9.17, 15) is 5.11 Å². The number of imidazole rings is 1. The van der Waals surface area contributed by atoms with Crippen LogP contribution in [0.3, 0.4) is 0 Å². The van der Waals surface area contributed by atoms with Crippen molar-refractivity contribution in [2.75, 3.05) is 32.8 Å². The Morgan fingerprint density at radius 1 is 1.12 bits per heavy atom. The van der Waals surface area contributed by atoms with E-state index in [1.165, 1.54) is 16.7 Å². The topological polar surface area (TPSA) is 55.4 Å². The lowest BCUT2D eigenvalue weighted by Gasteiger charge is -2.39. The number of hydrogen-bond acceptors (Lipinski definition) is 4. The lowest BCUT2D eigenvalue weighted by atomic mass is 10.0. The highest BCUT2D eigenvalue weighted by Gasteiger charge is 2.24. The van der Waals surface area contributed by atoms with Gasteiger partial charge in [0, 0.05) is 32.7 Å². The first-order chi connectivity index (χ1) is 12.7. The van der Waals surface area contributed by atoms with Gasteiger partial charge in [0.15, 0.2) is 0 Å². The van der Waals surface area contributed by atoms with E-state index in [0.717, 1.165) is 43.8 Å². The van der Waals surface area contributed by atoms with Crippen molar-refractivity contribution in [2.45, 2.75) is 19.5 Å². The summed E-state index contributed by atoms with van der Waals surface area (Å²) in [6.45, 7) is 7.22. The average Bonchev–Trinajstić information content (AvgIpc) is 3.12. The van der Waals surface area contributed by atoms with Crippen molar-refractivity contribution in [3.8, 4) is 0 Å². The second kappa shape index (κ2) is 7.58. The summed E-state index contributed by atoms with van der Waals surface area (Å²) in [4.78, 5) is 12.4. The molecule has 1 fully saturated rings. The van der Waals surface area contributed by atoms with Crippen LogP contribution in [-0.2, 0) is 6.54 Å². The quantitative estimate of drug-likeness (QED) is 0.743. The van der Waals surface area contributed by atoms with Gasteiger partial charge >= 0.3 is 0 Å². The fourth-order valence-electron chi connectivity index (χ4n) is 3.88. The summed E-state index contributed by atoms with van der Waals surface area (Å²) < 4.78 is 0. The molecule has 2 N–H and O–H groups in total. The fraction of sp³-hybridized carbons (Fsp3) is 0.381. The Bertz CT molecular complexity index is 867. The molecule has 4 rings (SSSR count). The fourth-order valence-corrected chi connectivity index (χ4v) is 3.88. The van der Waals surface area contributed by atoms with Crippen LogP contribution < -0.4 is 0 Å². The normalized spacial score (nSPS) is 17.6. The third-order valence-corrected chi connectivity index (χ3v) is 5.34. The van der Waals surface area contributed by atoms with Crippen LogP contribution in [0.25, 0.3) is 11.0 Å². The van der Waals surface area contributed by atoms with Crippen LogP contribution in [0.4, 0.5) is 0 Å². The molecule has 1 saturated heterocycles. The first-order valence-corrected chi connectivity index (χ1v) is 9.29. The average molecular weight is 350 g/mol. The van der Waals surface area contributed by atoms with E-state index in [-0.39, 0.29) is 12.6 Å². The van der Waals surface area contributed by atoms with Gasteiger partial charge in [0.2, 0.25) is 0 Å². The van der Waals surface area contributed by atoms with Gasteiger partial charge in [-0.1, -0.05) is 35.9 Å². The summed E-state index contributed by atoms with van der Waals surface area (Å²) in [6.07, 6.45) is 1.74. The maximum atomic E-state index is 9.94. The number of H-pyrrole nitrogens is 1. The van der Waals surface area contributed by atoms with Crippen LogP contribution in [0.15, 0.2) is 48.8 Å². The zero-order valence-corrected chi connectivity index (χ0v) is 15.2. The number of rotatable bonds is 5. The van der Waals surface area contributed by atoms with Crippen LogP contribution in [0.1, 0.15) is 22.7 Å². The Hall–Kier alpha value is -2.21. The minimum absolute atomic E-state index is 0.0957. The number of nitrogens with zero attached hydrogens (tertiary/aromatic N) is 3. The monoisotopic (exact) mass is 350 g/mol. The highest BCUT2D eigenvalue weighted by Crippen LogP contribution is 2.23. The molecule has 0 saturated carbocycles. The molecular formula is C21H26N4O. The predicted molar refractivity (Wildman–Crippen MR) is 104 cm³/mol. The van der Waals surface area contributed by atoms with Crippen LogP contribution in [0.5, 0.6) is 0 Å². The lowest BCUT2D eigenvalue weighted by molar-refractivity contribution is 0.0621. The number of aromatic amines is 1. The third kappa shape index (κ3) is 3.65.